The Balaban J connectivity index is 1.51. The molecular weight excluding hydrogens is 338 g/mol. The Hall–Kier alpha value is -3.21. The van der Waals surface area contributed by atoms with Gasteiger partial charge in [0.05, 0.1) is 12.4 Å². The molecule has 0 saturated carbocycles. The highest BCUT2D eigenvalue weighted by Gasteiger charge is 2.12. The summed E-state index contributed by atoms with van der Waals surface area (Å²) >= 11 is 0. The zero-order valence-corrected chi connectivity index (χ0v) is 15.6. The van der Waals surface area contributed by atoms with Crippen molar-refractivity contribution in [2.24, 2.45) is 0 Å². The molecule has 2 aromatic carbocycles. The molecule has 1 aromatic heterocycles. The van der Waals surface area contributed by atoms with Crippen molar-refractivity contribution in [1.29, 1.82) is 0 Å². The van der Waals surface area contributed by atoms with Gasteiger partial charge in [-0.15, -0.1) is 0 Å². The zero-order chi connectivity index (χ0) is 19.2. The van der Waals surface area contributed by atoms with Crippen LogP contribution in [0, 0.1) is 6.92 Å². The number of imidazole rings is 1. The van der Waals surface area contributed by atoms with Crippen molar-refractivity contribution in [2.45, 2.75) is 32.7 Å². The second kappa shape index (κ2) is 8.45. The lowest BCUT2D eigenvalue weighted by Gasteiger charge is -2.15. The third-order valence-electron chi connectivity index (χ3n) is 4.53. The number of nitrogens with one attached hydrogen (secondary N) is 1. The quantitative estimate of drug-likeness (QED) is 0.647. The number of nitrogens with zero attached hydrogens (tertiary/aromatic N) is 2. The lowest BCUT2D eigenvalue weighted by atomic mass is 10.0. The standard InChI is InChI=1S/C22H23N3O2/c1-16-3-5-19(6-4-16)21(26)11-12-22(27)24-17(2)18-7-9-20(10-8-18)25-14-13-23-15-25/h3-10,13-15,17H,11-12H2,1-2H3,(H,24,27). The van der Waals surface area contributed by atoms with Crippen LogP contribution in [-0.4, -0.2) is 21.2 Å². The Bertz CT molecular complexity index is 898. The van der Waals surface area contributed by atoms with Gasteiger partial charge in [0.25, 0.3) is 0 Å². The summed E-state index contributed by atoms with van der Waals surface area (Å²) in [6, 6.07) is 15.2. The molecule has 138 valence electrons. The molecule has 0 aliphatic carbocycles. The van der Waals surface area contributed by atoms with Gasteiger partial charge in [0.2, 0.25) is 5.91 Å². The molecule has 0 radical (unpaired) electrons. The van der Waals surface area contributed by atoms with Crippen LogP contribution < -0.4 is 5.32 Å². The fourth-order valence-corrected chi connectivity index (χ4v) is 2.85. The number of hydrogen-bond donors (Lipinski definition) is 1. The summed E-state index contributed by atoms with van der Waals surface area (Å²) in [5.41, 5.74) is 3.78. The van der Waals surface area contributed by atoms with Crippen molar-refractivity contribution in [3.05, 3.63) is 83.9 Å². The average Bonchev–Trinajstić information content (AvgIpc) is 3.21. The van der Waals surface area contributed by atoms with Crippen LogP contribution in [0.4, 0.5) is 0 Å². The molecule has 0 saturated heterocycles. The van der Waals surface area contributed by atoms with Crippen molar-refractivity contribution in [1.82, 2.24) is 14.9 Å². The highest BCUT2D eigenvalue weighted by molar-refractivity contribution is 5.98. The van der Waals surface area contributed by atoms with Gasteiger partial charge in [-0.25, -0.2) is 4.98 Å². The lowest BCUT2D eigenvalue weighted by Crippen LogP contribution is -2.27. The first-order chi connectivity index (χ1) is 13.0. The van der Waals surface area contributed by atoms with Gasteiger partial charge in [-0.3, -0.25) is 9.59 Å². The number of aryl methyl sites for hydroxylation is 1. The molecule has 3 aromatic rings. The summed E-state index contributed by atoms with van der Waals surface area (Å²) in [6.07, 6.45) is 5.75. The fraction of sp³-hybridized carbons (Fsp3) is 0.227. The number of carbonyl (C=O) groups excluding carboxylic acids is 2. The van der Waals surface area contributed by atoms with Crippen LogP contribution in [0.2, 0.25) is 0 Å². The number of benzene rings is 2. The SMILES string of the molecule is Cc1ccc(C(=O)CCC(=O)NC(C)c2ccc(-n3ccnc3)cc2)cc1. The van der Waals surface area contributed by atoms with E-state index in [2.05, 4.69) is 10.3 Å². The van der Waals surface area contributed by atoms with E-state index in [1.165, 1.54) is 0 Å². The Morgan fingerprint density at radius 2 is 1.74 bits per heavy atom. The van der Waals surface area contributed by atoms with E-state index in [1.54, 1.807) is 24.7 Å². The maximum absolute atomic E-state index is 12.2. The van der Waals surface area contributed by atoms with Gasteiger partial charge in [-0.1, -0.05) is 42.0 Å². The van der Waals surface area contributed by atoms with Gasteiger partial charge in [-0.05, 0) is 31.5 Å². The van der Waals surface area contributed by atoms with Gasteiger partial charge >= 0.3 is 0 Å². The Morgan fingerprint density at radius 1 is 1.04 bits per heavy atom. The summed E-state index contributed by atoms with van der Waals surface area (Å²) in [7, 11) is 0. The van der Waals surface area contributed by atoms with E-state index in [0.717, 1.165) is 16.8 Å². The van der Waals surface area contributed by atoms with Gasteiger partial charge in [-0.2, -0.15) is 0 Å². The third-order valence-corrected chi connectivity index (χ3v) is 4.53. The van der Waals surface area contributed by atoms with Crippen LogP contribution in [0.3, 0.4) is 0 Å². The first-order valence-corrected chi connectivity index (χ1v) is 9.00. The summed E-state index contributed by atoms with van der Waals surface area (Å²) in [4.78, 5) is 28.4. The minimum Gasteiger partial charge on any atom is -0.350 e. The number of aromatic nitrogens is 2. The maximum Gasteiger partial charge on any atom is 0.220 e. The predicted octanol–water partition coefficient (Wildman–Crippen LogP) is 4.02. The van der Waals surface area contributed by atoms with Crippen LogP contribution in [0.15, 0.2) is 67.3 Å². The zero-order valence-electron chi connectivity index (χ0n) is 15.6. The van der Waals surface area contributed by atoms with E-state index in [0.29, 0.717) is 5.56 Å². The Kier molecular flexibility index (Phi) is 5.81. The molecule has 27 heavy (non-hydrogen) atoms. The lowest BCUT2D eigenvalue weighted by molar-refractivity contribution is -0.121. The van der Waals surface area contributed by atoms with Crippen LogP contribution in [0.5, 0.6) is 0 Å². The van der Waals surface area contributed by atoms with Gasteiger partial charge < -0.3 is 9.88 Å². The van der Waals surface area contributed by atoms with Crippen LogP contribution in [0.25, 0.3) is 5.69 Å². The Morgan fingerprint density at radius 3 is 2.37 bits per heavy atom. The number of ketones is 1. The molecule has 5 nitrogen and oxygen atoms in total. The summed E-state index contributed by atoms with van der Waals surface area (Å²) in [5.74, 6) is -0.135. The monoisotopic (exact) mass is 361 g/mol. The van der Waals surface area contributed by atoms with Crippen LogP contribution >= 0.6 is 0 Å². The maximum atomic E-state index is 12.2. The molecule has 1 atom stereocenters. The molecule has 0 fully saturated rings. The largest absolute Gasteiger partial charge is 0.350 e. The minimum absolute atomic E-state index is 0.0116. The van der Waals surface area contributed by atoms with Crippen molar-refractivity contribution < 1.29 is 9.59 Å². The number of carbonyl (C=O) groups is 2. The van der Waals surface area contributed by atoms with E-state index < -0.39 is 0 Å². The van der Waals surface area contributed by atoms with E-state index in [9.17, 15) is 9.59 Å². The molecule has 1 amide bonds. The number of amides is 1. The molecule has 1 unspecified atom stereocenters. The molecule has 5 heteroatoms. The summed E-state index contributed by atoms with van der Waals surface area (Å²) in [5, 5.41) is 2.96. The minimum atomic E-state index is -0.123. The molecule has 0 aliphatic rings. The summed E-state index contributed by atoms with van der Waals surface area (Å²) < 4.78 is 1.92. The smallest absolute Gasteiger partial charge is 0.220 e. The highest BCUT2D eigenvalue weighted by atomic mass is 16.2. The molecule has 1 N–H and O–H groups in total. The first kappa shape index (κ1) is 18.6. The molecule has 0 spiro atoms. The number of rotatable bonds is 7. The van der Waals surface area contributed by atoms with Crippen molar-refractivity contribution in [2.75, 3.05) is 0 Å². The first-order valence-electron chi connectivity index (χ1n) is 9.00. The predicted molar refractivity (Wildman–Crippen MR) is 105 cm³/mol. The second-order valence-corrected chi connectivity index (χ2v) is 6.64. The van der Waals surface area contributed by atoms with Gasteiger partial charge in [0, 0.05) is 36.5 Å². The second-order valence-electron chi connectivity index (χ2n) is 6.64. The van der Waals surface area contributed by atoms with E-state index in [1.807, 2.05) is 61.0 Å². The van der Waals surface area contributed by atoms with Gasteiger partial charge in [0.15, 0.2) is 5.78 Å². The van der Waals surface area contributed by atoms with Crippen molar-refractivity contribution in [3.63, 3.8) is 0 Å². The average molecular weight is 361 g/mol. The van der Waals surface area contributed by atoms with Gasteiger partial charge in [0.1, 0.15) is 0 Å². The van der Waals surface area contributed by atoms with E-state index in [-0.39, 0.29) is 30.6 Å². The molecule has 0 bridgehead atoms. The molecular formula is C22H23N3O2. The summed E-state index contributed by atoms with van der Waals surface area (Å²) in [6.45, 7) is 3.91. The van der Waals surface area contributed by atoms with Crippen LogP contribution in [0.1, 0.15) is 47.3 Å². The van der Waals surface area contributed by atoms with Crippen molar-refractivity contribution in [3.8, 4) is 5.69 Å². The topological polar surface area (TPSA) is 64.0 Å². The number of hydrogen-bond acceptors (Lipinski definition) is 3. The van der Waals surface area contributed by atoms with Crippen LogP contribution in [-0.2, 0) is 4.79 Å². The fourth-order valence-electron chi connectivity index (χ4n) is 2.85. The Labute approximate surface area is 159 Å². The van der Waals surface area contributed by atoms with Crippen molar-refractivity contribution >= 4 is 11.7 Å². The molecule has 1 heterocycles. The molecule has 0 aliphatic heterocycles. The normalized spacial score (nSPS) is 11.8. The highest BCUT2D eigenvalue weighted by Crippen LogP contribution is 2.16. The molecule has 3 rings (SSSR count). The van der Waals surface area contributed by atoms with E-state index in [4.69, 9.17) is 0 Å². The number of Topliss-reactive ketones (excluding diaryl/α,β-unsaturated/α-hetero) is 1. The van der Waals surface area contributed by atoms with E-state index >= 15 is 0 Å². The third kappa shape index (κ3) is 4.91.